The van der Waals surface area contributed by atoms with Crippen LogP contribution in [0.15, 0.2) is 24.3 Å². The lowest BCUT2D eigenvalue weighted by molar-refractivity contribution is -0.124. The van der Waals surface area contributed by atoms with E-state index in [1.54, 1.807) is 24.3 Å². The highest BCUT2D eigenvalue weighted by molar-refractivity contribution is 6.30. The van der Waals surface area contributed by atoms with Gasteiger partial charge >= 0.3 is 0 Å². The van der Waals surface area contributed by atoms with Crippen molar-refractivity contribution >= 4 is 23.4 Å². The maximum absolute atomic E-state index is 12.1. The van der Waals surface area contributed by atoms with Gasteiger partial charge in [0, 0.05) is 22.7 Å². The molecule has 1 saturated heterocycles. The predicted molar refractivity (Wildman–Crippen MR) is 101 cm³/mol. The molecule has 0 radical (unpaired) electrons. The molecule has 1 heterocycles. The molecule has 0 aliphatic carbocycles. The summed E-state index contributed by atoms with van der Waals surface area (Å²) in [6.45, 7) is 8.85. The van der Waals surface area contributed by atoms with Crippen molar-refractivity contribution in [3.05, 3.63) is 34.9 Å². The van der Waals surface area contributed by atoms with E-state index < -0.39 is 0 Å². The van der Waals surface area contributed by atoms with Gasteiger partial charge < -0.3 is 10.6 Å². The summed E-state index contributed by atoms with van der Waals surface area (Å²) in [6.07, 6.45) is 1.98. The third kappa shape index (κ3) is 7.04. The summed E-state index contributed by atoms with van der Waals surface area (Å²) in [5.74, 6) is 0.462. The Balaban J connectivity index is 1.69. The van der Waals surface area contributed by atoms with Crippen LogP contribution in [0.2, 0.25) is 5.02 Å². The van der Waals surface area contributed by atoms with Crippen LogP contribution in [0.3, 0.4) is 0 Å². The molecule has 6 heteroatoms. The first-order valence-corrected chi connectivity index (χ1v) is 9.18. The molecule has 0 saturated carbocycles. The highest BCUT2D eigenvalue weighted by Crippen LogP contribution is 2.16. The second kappa shape index (κ2) is 8.68. The second-order valence-corrected chi connectivity index (χ2v) is 8.17. The van der Waals surface area contributed by atoms with Crippen LogP contribution in [-0.4, -0.2) is 48.4 Å². The summed E-state index contributed by atoms with van der Waals surface area (Å²) >= 11 is 5.84. The van der Waals surface area contributed by atoms with Crippen LogP contribution in [0, 0.1) is 5.92 Å². The molecular weight excluding hydrogens is 338 g/mol. The molecule has 1 fully saturated rings. The lowest BCUT2D eigenvalue weighted by Gasteiger charge is -2.32. The van der Waals surface area contributed by atoms with Gasteiger partial charge in [0.2, 0.25) is 5.91 Å². The van der Waals surface area contributed by atoms with Crippen LogP contribution in [0.5, 0.6) is 0 Å². The molecule has 25 heavy (non-hydrogen) atoms. The number of benzene rings is 1. The summed E-state index contributed by atoms with van der Waals surface area (Å²) in [5, 5.41) is 6.61. The molecule has 1 aromatic rings. The fourth-order valence-corrected chi connectivity index (χ4v) is 3.08. The second-order valence-electron chi connectivity index (χ2n) is 7.73. The quantitative estimate of drug-likeness (QED) is 0.843. The number of hydrogen-bond donors (Lipinski definition) is 2. The number of hydrogen-bond acceptors (Lipinski definition) is 3. The van der Waals surface area contributed by atoms with Crippen LogP contribution in [0.25, 0.3) is 0 Å². The fraction of sp³-hybridized carbons (Fsp3) is 0.579. The number of halogens is 1. The Hall–Kier alpha value is -1.59. The molecule has 2 N–H and O–H groups in total. The first-order valence-electron chi connectivity index (χ1n) is 8.80. The molecule has 0 spiro atoms. The van der Waals surface area contributed by atoms with Crippen molar-refractivity contribution in [2.24, 2.45) is 5.92 Å². The van der Waals surface area contributed by atoms with Gasteiger partial charge in [0.05, 0.1) is 6.54 Å². The number of rotatable bonds is 5. The van der Waals surface area contributed by atoms with Crippen molar-refractivity contribution in [1.29, 1.82) is 0 Å². The van der Waals surface area contributed by atoms with Crippen LogP contribution < -0.4 is 10.6 Å². The number of carbonyl (C=O) groups is 2. The van der Waals surface area contributed by atoms with Gasteiger partial charge in [-0.1, -0.05) is 11.6 Å². The summed E-state index contributed by atoms with van der Waals surface area (Å²) in [6, 6.07) is 6.90. The molecule has 2 rings (SSSR count). The molecule has 138 valence electrons. The molecule has 0 atom stereocenters. The standard InChI is InChI=1S/C19H28ClN3O2/c1-19(2,3)22-17(24)13-23-10-8-14(9-11-23)12-21-18(25)15-4-6-16(20)7-5-15/h4-7,14H,8-13H2,1-3H3,(H,21,25)(H,22,24). The molecule has 1 aliphatic heterocycles. The van der Waals surface area contributed by atoms with Crippen LogP contribution >= 0.6 is 11.6 Å². The minimum Gasteiger partial charge on any atom is -0.352 e. The lowest BCUT2D eigenvalue weighted by Crippen LogP contribution is -2.48. The van der Waals surface area contributed by atoms with Crippen molar-refractivity contribution in [2.75, 3.05) is 26.2 Å². The Labute approximate surface area is 155 Å². The van der Waals surface area contributed by atoms with Gasteiger partial charge in [-0.05, 0) is 76.9 Å². The Morgan fingerprint density at radius 1 is 1.16 bits per heavy atom. The molecule has 2 amide bonds. The largest absolute Gasteiger partial charge is 0.352 e. The zero-order valence-electron chi connectivity index (χ0n) is 15.3. The SMILES string of the molecule is CC(C)(C)NC(=O)CN1CCC(CNC(=O)c2ccc(Cl)cc2)CC1. The normalized spacial score (nSPS) is 16.5. The van der Waals surface area contributed by atoms with E-state index in [4.69, 9.17) is 11.6 Å². The summed E-state index contributed by atoms with van der Waals surface area (Å²) in [7, 11) is 0. The molecule has 0 bridgehead atoms. The molecular formula is C19H28ClN3O2. The number of nitrogens with one attached hydrogen (secondary N) is 2. The molecule has 1 aromatic carbocycles. The van der Waals surface area contributed by atoms with Gasteiger partial charge in [-0.3, -0.25) is 14.5 Å². The summed E-state index contributed by atoms with van der Waals surface area (Å²) in [5.41, 5.74) is 0.433. The van der Waals surface area contributed by atoms with Crippen LogP contribution in [0.1, 0.15) is 44.0 Å². The topological polar surface area (TPSA) is 61.4 Å². The number of carbonyl (C=O) groups excluding carboxylic acids is 2. The zero-order valence-corrected chi connectivity index (χ0v) is 16.0. The van der Waals surface area contributed by atoms with Crippen LogP contribution in [0.4, 0.5) is 0 Å². The highest BCUT2D eigenvalue weighted by Gasteiger charge is 2.22. The van der Waals surface area contributed by atoms with Gasteiger partial charge in [0.25, 0.3) is 5.91 Å². The van der Waals surface area contributed by atoms with E-state index in [-0.39, 0.29) is 17.4 Å². The number of amides is 2. The minimum absolute atomic E-state index is 0.0661. The van der Waals surface area contributed by atoms with Gasteiger partial charge in [-0.15, -0.1) is 0 Å². The molecule has 1 aliphatic rings. The van der Waals surface area contributed by atoms with Crippen LogP contribution in [-0.2, 0) is 4.79 Å². The van der Waals surface area contributed by atoms with Gasteiger partial charge in [-0.25, -0.2) is 0 Å². The average molecular weight is 366 g/mol. The van der Waals surface area contributed by atoms with Gasteiger partial charge in [-0.2, -0.15) is 0 Å². The number of likely N-dealkylation sites (tertiary alicyclic amines) is 1. The van der Waals surface area contributed by atoms with E-state index in [1.807, 2.05) is 20.8 Å². The van der Waals surface area contributed by atoms with E-state index >= 15 is 0 Å². The fourth-order valence-electron chi connectivity index (χ4n) is 2.95. The third-order valence-corrected chi connectivity index (χ3v) is 4.50. The average Bonchev–Trinajstić information content (AvgIpc) is 2.53. The lowest BCUT2D eigenvalue weighted by atomic mass is 9.96. The molecule has 5 nitrogen and oxygen atoms in total. The Kier molecular flexibility index (Phi) is 6.85. The zero-order chi connectivity index (χ0) is 18.4. The maximum Gasteiger partial charge on any atom is 0.251 e. The first-order chi connectivity index (χ1) is 11.7. The van der Waals surface area contributed by atoms with E-state index in [9.17, 15) is 9.59 Å². The van der Waals surface area contributed by atoms with Gasteiger partial charge in [0.1, 0.15) is 0 Å². The summed E-state index contributed by atoms with van der Waals surface area (Å²) < 4.78 is 0. The van der Waals surface area contributed by atoms with Crippen molar-refractivity contribution in [2.45, 2.75) is 39.2 Å². The van der Waals surface area contributed by atoms with Crippen molar-refractivity contribution in [1.82, 2.24) is 15.5 Å². The first kappa shape index (κ1) is 19.7. The van der Waals surface area contributed by atoms with E-state index in [0.29, 0.717) is 29.6 Å². The van der Waals surface area contributed by atoms with Gasteiger partial charge in [0.15, 0.2) is 0 Å². The highest BCUT2D eigenvalue weighted by atomic mass is 35.5. The predicted octanol–water partition coefficient (Wildman–Crippen LogP) is 2.70. The third-order valence-electron chi connectivity index (χ3n) is 4.25. The van der Waals surface area contributed by atoms with Crippen molar-refractivity contribution in [3.63, 3.8) is 0 Å². The van der Waals surface area contributed by atoms with Crippen molar-refractivity contribution < 1.29 is 9.59 Å². The Bertz CT molecular complexity index is 588. The van der Waals surface area contributed by atoms with E-state index in [1.165, 1.54) is 0 Å². The Morgan fingerprint density at radius 2 is 1.76 bits per heavy atom. The minimum atomic E-state index is -0.193. The monoisotopic (exact) mass is 365 g/mol. The molecule has 0 aromatic heterocycles. The smallest absolute Gasteiger partial charge is 0.251 e. The van der Waals surface area contributed by atoms with E-state index in [0.717, 1.165) is 25.9 Å². The molecule has 0 unspecified atom stereocenters. The summed E-state index contributed by atoms with van der Waals surface area (Å²) in [4.78, 5) is 26.3. The Morgan fingerprint density at radius 3 is 2.32 bits per heavy atom. The number of piperidine rings is 1. The van der Waals surface area contributed by atoms with Crippen molar-refractivity contribution in [3.8, 4) is 0 Å². The maximum atomic E-state index is 12.1. The van der Waals surface area contributed by atoms with E-state index in [2.05, 4.69) is 15.5 Å². The number of nitrogens with zero attached hydrogens (tertiary/aromatic N) is 1.